The maximum Gasteiger partial charge on any atom is 0.252 e. The van der Waals surface area contributed by atoms with Crippen LogP contribution in [0.3, 0.4) is 0 Å². The summed E-state index contributed by atoms with van der Waals surface area (Å²) in [6.07, 6.45) is 6.06. The van der Waals surface area contributed by atoms with Crippen molar-refractivity contribution in [3.05, 3.63) is 54.1 Å². The third-order valence-corrected chi connectivity index (χ3v) is 4.91. The van der Waals surface area contributed by atoms with E-state index in [0.717, 1.165) is 31.9 Å². The lowest BCUT2D eigenvalue weighted by atomic mass is 9.91. The summed E-state index contributed by atoms with van der Waals surface area (Å²) in [4.78, 5) is 17.0. The second-order valence-corrected chi connectivity index (χ2v) is 6.40. The lowest BCUT2D eigenvalue weighted by molar-refractivity contribution is -0.146. The maximum atomic E-state index is 12.6. The van der Waals surface area contributed by atoms with Crippen molar-refractivity contribution in [2.24, 2.45) is 0 Å². The van der Waals surface area contributed by atoms with Crippen LogP contribution in [0.25, 0.3) is 0 Å². The van der Waals surface area contributed by atoms with Gasteiger partial charge in [0.25, 0.3) is 5.91 Å². The predicted molar refractivity (Wildman–Crippen MR) is 96.1 cm³/mol. The molecule has 1 amide bonds. The molecular formula is C19H26N4O2. The molecule has 6 nitrogen and oxygen atoms in total. The fourth-order valence-corrected chi connectivity index (χ4v) is 3.28. The molecule has 0 aliphatic carbocycles. The Bertz CT molecular complexity index is 678. The van der Waals surface area contributed by atoms with E-state index < -0.39 is 5.60 Å². The molecule has 6 heteroatoms. The monoisotopic (exact) mass is 342 g/mol. The van der Waals surface area contributed by atoms with Gasteiger partial charge in [0.2, 0.25) is 0 Å². The van der Waals surface area contributed by atoms with Crippen molar-refractivity contribution in [2.45, 2.75) is 38.0 Å². The number of nitrogens with zero attached hydrogens (tertiary/aromatic N) is 2. The van der Waals surface area contributed by atoms with Gasteiger partial charge in [-0.3, -0.25) is 4.79 Å². The van der Waals surface area contributed by atoms with Gasteiger partial charge in [-0.25, -0.2) is 4.98 Å². The zero-order chi connectivity index (χ0) is 17.5. The summed E-state index contributed by atoms with van der Waals surface area (Å²) in [5.74, 6) is 0.818. The Labute approximate surface area is 148 Å². The van der Waals surface area contributed by atoms with Crippen LogP contribution < -0.4 is 10.6 Å². The van der Waals surface area contributed by atoms with Crippen LogP contribution in [-0.4, -0.2) is 41.3 Å². The highest BCUT2D eigenvalue weighted by atomic mass is 16.5. The Morgan fingerprint density at radius 1 is 1.32 bits per heavy atom. The SMILES string of the molecule is COC1(C(=O)NCc2nccn2CCc2ccccc2)CCNCC1. The van der Waals surface area contributed by atoms with Gasteiger partial charge in [-0.05, 0) is 37.9 Å². The van der Waals surface area contributed by atoms with E-state index in [9.17, 15) is 4.79 Å². The zero-order valence-electron chi connectivity index (χ0n) is 14.7. The van der Waals surface area contributed by atoms with Gasteiger partial charge in [-0.2, -0.15) is 0 Å². The second-order valence-electron chi connectivity index (χ2n) is 6.40. The Morgan fingerprint density at radius 3 is 2.80 bits per heavy atom. The highest BCUT2D eigenvalue weighted by Gasteiger charge is 2.39. The van der Waals surface area contributed by atoms with Gasteiger partial charge in [-0.15, -0.1) is 0 Å². The van der Waals surface area contributed by atoms with E-state index in [2.05, 4.69) is 32.3 Å². The summed E-state index contributed by atoms with van der Waals surface area (Å²) in [5, 5.41) is 6.27. The minimum Gasteiger partial charge on any atom is -0.368 e. The molecule has 134 valence electrons. The smallest absolute Gasteiger partial charge is 0.252 e. The molecule has 1 saturated heterocycles. The van der Waals surface area contributed by atoms with E-state index in [1.165, 1.54) is 5.56 Å². The van der Waals surface area contributed by atoms with Crippen molar-refractivity contribution >= 4 is 5.91 Å². The Morgan fingerprint density at radius 2 is 2.08 bits per heavy atom. The first-order chi connectivity index (χ1) is 12.2. The molecule has 1 aromatic heterocycles. The molecule has 2 N–H and O–H groups in total. The number of nitrogens with one attached hydrogen (secondary N) is 2. The fraction of sp³-hybridized carbons (Fsp3) is 0.474. The first-order valence-corrected chi connectivity index (χ1v) is 8.82. The van der Waals surface area contributed by atoms with E-state index in [4.69, 9.17) is 4.74 Å². The number of benzene rings is 1. The van der Waals surface area contributed by atoms with Crippen LogP contribution in [-0.2, 0) is 29.0 Å². The number of imidazole rings is 1. The molecule has 1 fully saturated rings. The number of aryl methyl sites for hydroxylation is 2. The predicted octanol–water partition coefficient (Wildman–Crippen LogP) is 1.51. The number of methoxy groups -OCH3 is 1. The number of rotatable bonds is 7. The molecule has 25 heavy (non-hydrogen) atoms. The molecule has 2 heterocycles. The average Bonchev–Trinajstić information content (AvgIpc) is 3.13. The third-order valence-electron chi connectivity index (χ3n) is 4.91. The Balaban J connectivity index is 1.56. The molecule has 1 aliphatic rings. The van der Waals surface area contributed by atoms with Crippen molar-refractivity contribution in [3.63, 3.8) is 0 Å². The number of aromatic nitrogens is 2. The Hall–Kier alpha value is -2.18. The van der Waals surface area contributed by atoms with E-state index in [-0.39, 0.29) is 5.91 Å². The summed E-state index contributed by atoms with van der Waals surface area (Å²) in [6.45, 7) is 2.85. The largest absolute Gasteiger partial charge is 0.368 e. The summed E-state index contributed by atoms with van der Waals surface area (Å²) in [7, 11) is 1.62. The summed E-state index contributed by atoms with van der Waals surface area (Å²) in [5.41, 5.74) is 0.575. The maximum absolute atomic E-state index is 12.6. The first-order valence-electron chi connectivity index (χ1n) is 8.82. The number of carbonyl (C=O) groups excluding carboxylic acids is 1. The van der Waals surface area contributed by atoms with E-state index in [1.807, 2.05) is 24.4 Å². The van der Waals surface area contributed by atoms with Crippen molar-refractivity contribution in [1.29, 1.82) is 0 Å². The van der Waals surface area contributed by atoms with Gasteiger partial charge in [0.1, 0.15) is 11.4 Å². The quantitative estimate of drug-likeness (QED) is 0.800. The third kappa shape index (κ3) is 4.27. The number of hydrogen-bond donors (Lipinski definition) is 2. The number of ether oxygens (including phenoxy) is 1. The molecule has 1 aliphatic heterocycles. The highest BCUT2D eigenvalue weighted by Crippen LogP contribution is 2.22. The fourth-order valence-electron chi connectivity index (χ4n) is 3.28. The lowest BCUT2D eigenvalue weighted by Gasteiger charge is -2.34. The number of amides is 1. The van der Waals surface area contributed by atoms with Crippen LogP contribution in [0.15, 0.2) is 42.7 Å². The van der Waals surface area contributed by atoms with Crippen LogP contribution in [0.4, 0.5) is 0 Å². The van der Waals surface area contributed by atoms with Crippen molar-refractivity contribution in [3.8, 4) is 0 Å². The topological polar surface area (TPSA) is 68.2 Å². The molecule has 1 aromatic carbocycles. The minimum atomic E-state index is -0.716. The van der Waals surface area contributed by atoms with Crippen LogP contribution in [0.2, 0.25) is 0 Å². The standard InChI is InChI=1S/C19H26N4O2/c1-25-19(8-10-20-11-9-19)18(24)22-15-17-21-12-14-23(17)13-7-16-5-3-2-4-6-16/h2-6,12,14,20H,7-11,13,15H2,1H3,(H,22,24). The lowest BCUT2D eigenvalue weighted by Crippen LogP contribution is -2.54. The van der Waals surface area contributed by atoms with Crippen LogP contribution in [0.5, 0.6) is 0 Å². The summed E-state index contributed by atoms with van der Waals surface area (Å²) in [6, 6.07) is 10.4. The highest BCUT2D eigenvalue weighted by molar-refractivity contribution is 5.85. The van der Waals surface area contributed by atoms with Gasteiger partial charge in [-0.1, -0.05) is 30.3 Å². The summed E-state index contributed by atoms with van der Waals surface area (Å²) >= 11 is 0. The number of carbonyl (C=O) groups is 1. The molecule has 0 unspecified atom stereocenters. The van der Waals surface area contributed by atoms with Crippen LogP contribution >= 0.6 is 0 Å². The van der Waals surface area contributed by atoms with Crippen molar-refractivity contribution in [1.82, 2.24) is 20.2 Å². The van der Waals surface area contributed by atoms with Gasteiger partial charge >= 0.3 is 0 Å². The molecule has 0 saturated carbocycles. The van der Waals surface area contributed by atoms with E-state index in [1.54, 1.807) is 13.3 Å². The average molecular weight is 342 g/mol. The molecular weight excluding hydrogens is 316 g/mol. The first kappa shape index (κ1) is 17.6. The number of hydrogen-bond acceptors (Lipinski definition) is 4. The zero-order valence-corrected chi connectivity index (χ0v) is 14.7. The summed E-state index contributed by atoms with van der Waals surface area (Å²) < 4.78 is 7.66. The molecule has 0 atom stereocenters. The normalized spacial score (nSPS) is 16.5. The van der Waals surface area contributed by atoms with Gasteiger partial charge in [0, 0.05) is 26.0 Å². The molecule has 2 aromatic rings. The molecule has 0 radical (unpaired) electrons. The minimum absolute atomic E-state index is 0.0471. The molecule has 0 spiro atoms. The van der Waals surface area contributed by atoms with Crippen LogP contribution in [0.1, 0.15) is 24.2 Å². The van der Waals surface area contributed by atoms with Gasteiger partial charge < -0.3 is 19.9 Å². The second kappa shape index (κ2) is 8.27. The Kier molecular flexibility index (Phi) is 5.83. The van der Waals surface area contributed by atoms with Gasteiger partial charge in [0.15, 0.2) is 0 Å². The van der Waals surface area contributed by atoms with Crippen LogP contribution in [0, 0.1) is 0 Å². The number of piperidine rings is 1. The van der Waals surface area contributed by atoms with E-state index in [0.29, 0.717) is 19.4 Å². The van der Waals surface area contributed by atoms with E-state index >= 15 is 0 Å². The van der Waals surface area contributed by atoms with Crippen molar-refractivity contribution < 1.29 is 9.53 Å². The molecule has 0 bridgehead atoms. The van der Waals surface area contributed by atoms with Gasteiger partial charge in [0.05, 0.1) is 6.54 Å². The van der Waals surface area contributed by atoms with Crippen molar-refractivity contribution in [2.75, 3.05) is 20.2 Å². The molecule has 3 rings (SSSR count).